The van der Waals surface area contributed by atoms with Crippen molar-refractivity contribution < 1.29 is 0 Å². The lowest BCUT2D eigenvalue weighted by atomic mass is 9.99. The number of aliphatic imine (C=N–C) groups is 1. The van der Waals surface area contributed by atoms with Crippen molar-refractivity contribution in [1.82, 2.24) is 4.90 Å². The summed E-state index contributed by atoms with van der Waals surface area (Å²) in [6.07, 6.45) is 8.45. The molecule has 0 radical (unpaired) electrons. The molecule has 1 saturated carbocycles. The van der Waals surface area contributed by atoms with Crippen LogP contribution in [0.1, 0.15) is 69.9 Å². The van der Waals surface area contributed by atoms with Crippen LogP contribution in [0, 0.1) is 11.3 Å². The number of nitriles is 1. The number of benzene rings is 2. The van der Waals surface area contributed by atoms with Crippen LogP contribution in [0.25, 0.3) is 11.1 Å². The van der Waals surface area contributed by atoms with Crippen LogP contribution in [0.5, 0.6) is 0 Å². The van der Waals surface area contributed by atoms with Gasteiger partial charge in [0.05, 0.1) is 23.0 Å². The molecule has 0 amide bonds. The van der Waals surface area contributed by atoms with Crippen LogP contribution < -0.4 is 0 Å². The van der Waals surface area contributed by atoms with E-state index in [0.717, 1.165) is 29.7 Å². The smallest absolute Gasteiger partial charge is 0.0998 e. The van der Waals surface area contributed by atoms with Crippen molar-refractivity contribution in [2.45, 2.75) is 70.9 Å². The van der Waals surface area contributed by atoms with Crippen molar-refractivity contribution in [3.63, 3.8) is 0 Å². The fraction of sp³-hybridized carbons (Fsp3) is 0.462. The Morgan fingerprint density at radius 1 is 1.10 bits per heavy atom. The molecule has 1 aliphatic rings. The highest BCUT2D eigenvalue weighted by molar-refractivity contribution is 5.82. The number of amidine groups is 1. The van der Waals surface area contributed by atoms with E-state index in [2.05, 4.69) is 56.1 Å². The lowest BCUT2D eigenvalue weighted by molar-refractivity contribution is 0.441. The molecule has 0 heterocycles. The second-order valence-electron chi connectivity index (χ2n) is 8.55. The molecule has 0 spiro atoms. The fourth-order valence-electron chi connectivity index (χ4n) is 4.21. The van der Waals surface area contributed by atoms with Gasteiger partial charge in [-0.2, -0.15) is 5.26 Å². The molecule has 0 saturated heterocycles. The molecule has 0 unspecified atom stereocenters. The first-order chi connectivity index (χ1) is 14.0. The minimum Gasteiger partial charge on any atom is -0.359 e. The topological polar surface area (TPSA) is 39.4 Å². The molecule has 0 bridgehead atoms. The predicted molar refractivity (Wildman–Crippen MR) is 122 cm³/mol. The van der Waals surface area contributed by atoms with Crippen LogP contribution in [0.3, 0.4) is 0 Å². The van der Waals surface area contributed by atoms with Crippen molar-refractivity contribution in [3.8, 4) is 17.2 Å². The molecule has 3 heteroatoms. The first kappa shape index (κ1) is 21.1. The van der Waals surface area contributed by atoms with Crippen LogP contribution in [0.4, 0.5) is 0 Å². The van der Waals surface area contributed by atoms with Gasteiger partial charge in [-0.1, -0.05) is 68.7 Å². The number of unbranched alkanes of at least 4 members (excludes halogenated alkanes) is 1. The highest BCUT2D eigenvalue weighted by Crippen LogP contribution is 2.33. The summed E-state index contributed by atoms with van der Waals surface area (Å²) in [5, 5.41) is 9.35. The van der Waals surface area contributed by atoms with E-state index in [-0.39, 0.29) is 5.54 Å². The summed E-state index contributed by atoms with van der Waals surface area (Å²) in [7, 11) is 2.17. The zero-order chi connectivity index (χ0) is 20.7. The second kappa shape index (κ2) is 9.74. The van der Waals surface area contributed by atoms with Crippen LogP contribution in [-0.4, -0.2) is 23.3 Å². The van der Waals surface area contributed by atoms with Crippen LogP contribution >= 0.6 is 0 Å². The van der Waals surface area contributed by atoms with Crippen molar-refractivity contribution >= 4 is 5.84 Å². The van der Waals surface area contributed by atoms with E-state index >= 15 is 0 Å². The maximum absolute atomic E-state index is 9.35. The van der Waals surface area contributed by atoms with E-state index in [9.17, 15) is 5.26 Å². The molecule has 3 rings (SSSR count). The maximum Gasteiger partial charge on any atom is 0.0998 e. The summed E-state index contributed by atoms with van der Waals surface area (Å²) in [6.45, 7) is 5.42. The van der Waals surface area contributed by atoms with Gasteiger partial charge in [0.25, 0.3) is 0 Å². The minimum atomic E-state index is 0.127. The lowest BCUT2D eigenvalue weighted by Gasteiger charge is -2.27. The molecule has 29 heavy (non-hydrogen) atoms. The molecule has 0 aromatic heterocycles. The van der Waals surface area contributed by atoms with Gasteiger partial charge >= 0.3 is 0 Å². The van der Waals surface area contributed by atoms with Gasteiger partial charge in [0, 0.05) is 20.0 Å². The van der Waals surface area contributed by atoms with Gasteiger partial charge in [0.1, 0.15) is 0 Å². The maximum atomic E-state index is 9.35. The molecule has 1 aliphatic carbocycles. The molecule has 3 nitrogen and oxygen atoms in total. The fourth-order valence-corrected chi connectivity index (χ4v) is 4.21. The third kappa shape index (κ3) is 5.48. The molecule has 2 aromatic rings. The quantitative estimate of drug-likeness (QED) is 0.398. The Hall–Kier alpha value is -2.60. The Morgan fingerprint density at radius 2 is 1.79 bits per heavy atom. The average molecular weight is 388 g/mol. The average Bonchev–Trinajstić information content (AvgIpc) is 3.18. The predicted octanol–water partition coefficient (Wildman–Crippen LogP) is 6.58. The molecule has 2 aromatic carbocycles. The molecule has 0 N–H and O–H groups in total. The first-order valence-corrected chi connectivity index (χ1v) is 10.9. The van der Waals surface area contributed by atoms with Crippen molar-refractivity contribution in [1.29, 1.82) is 5.26 Å². The summed E-state index contributed by atoms with van der Waals surface area (Å²) >= 11 is 0. The van der Waals surface area contributed by atoms with E-state index in [1.54, 1.807) is 0 Å². The monoisotopic (exact) mass is 387 g/mol. The van der Waals surface area contributed by atoms with Gasteiger partial charge in [-0.25, -0.2) is 0 Å². The summed E-state index contributed by atoms with van der Waals surface area (Å²) in [5.74, 6) is 1.25. The lowest BCUT2D eigenvalue weighted by Crippen LogP contribution is -2.30. The Morgan fingerprint density at radius 3 is 2.45 bits per heavy atom. The SMILES string of the molecule is CCCC/C(=N/C1(C)CCCC1)N(C)Cc1ccc(-c2ccccc2C#N)cc1. The second-order valence-corrected chi connectivity index (χ2v) is 8.55. The standard InChI is InChI=1S/C26H33N3/c1-4-5-12-25(28-26(2)17-8-9-18-26)29(3)20-21-13-15-22(16-14-21)24-11-7-6-10-23(24)19-27/h6-7,10-11,13-16H,4-5,8-9,12,17-18,20H2,1-3H3/b28-25-. The summed E-state index contributed by atoms with van der Waals surface area (Å²) in [4.78, 5) is 7.57. The minimum absolute atomic E-state index is 0.127. The van der Waals surface area contributed by atoms with Crippen LogP contribution in [-0.2, 0) is 6.54 Å². The summed E-state index contributed by atoms with van der Waals surface area (Å²) in [6, 6.07) is 18.7. The molecular formula is C26H33N3. The van der Waals surface area contributed by atoms with E-state index in [1.807, 2.05) is 24.3 Å². The summed E-state index contributed by atoms with van der Waals surface area (Å²) in [5.41, 5.74) is 4.20. The molecule has 0 atom stereocenters. The largest absolute Gasteiger partial charge is 0.359 e. The van der Waals surface area contributed by atoms with E-state index in [4.69, 9.17) is 4.99 Å². The van der Waals surface area contributed by atoms with E-state index < -0.39 is 0 Å². The Balaban J connectivity index is 1.75. The van der Waals surface area contributed by atoms with Gasteiger partial charge in [-0.15, -0.1) is 0 Å². The summed E-state index contributed by atoms with van der Waals surface area (Å²) < 4.78 is 0. The van der Waals surface area contributed by atoms with Gasteiger partial charge in [-0.05, 0) is 48.9 Å². The van der Waals surface area contributed by atoms with Crippen molar-refractivity contribution in [3.05, 3.63) is 59.7 Å². The third-order valence-electron chi connectivity index (χ3n) is 6.01. The van der Waals surface area contributed by atoms with Gasteiger partial charge < -0.3 is 4.90 Å². The van der Waals surface area contributed by atoms with E-state index in [0.29, 0.717) is 0 Å². The molecular weight excluding hydrogens is 354 g/mol. The number of hydrogen-bond acceptors (Lipinski definition) is 2. The normalized spacial score (nSPS) is 15.9. The van der Waals surface area contributed by atoms with Crippen molar-refractivity contribution in [2.75, 3.05) is 7.05 Å². The Kier molecular flexibility index (Phi) is 7.09. The highest BCUT2D eigenvalue weighted by atomic mass is 15.2. The number of rotatable bonds is 7. The zero-order valence-electron chi connectivity index (χ0n) is 18.1. The third-order valence-corrected chi connectivity index (χ3v) is 6.01. The van der Waals surface area contributed by atoms with Gasteiger partial charge in [-0.3, -0.25) is 4.99 Å². The van der Waals surface area contributed by atoms with Crippen LogP contribution in [0.15, 0.2) is 53.5 Å². The zero-order valence-corrected chi connectivity index (χ0v) is 18.1. The Bertz CT molecular complexity index is 868. The Labute approximate surface area is 176 Å². The number of hydrogen-bond donors (Lipinski definition) is 0. The molecule has 0 aliphatic heterocycles. The first-order valence-electron chi connectivity index (χ1n) is 10.9. The highest BCUT2D eigenvalue weighted by Gasteiger charge is 2.28. The molecule has 1 fully saturated rings. The van der Waals surface area contributed by atoms with Crippen molar-refractivity contribution in [2.24, 2.45) is 4.99 Å². The van der Waals surface area contributed by atoms with Gasteiger partial charge in [0.15, 0.2) is 0 Å². The van der Waals surface area contributed by atoms with E-state index in [1.165, 1.54) is 49.9 Å². The number of nitrogens with zero attached hydrogens (tertiary/aromatic N) is 3. The van der Waals surface area contributed by atoms with Crippen LogP contribution in [0.2, 0.25) is 0 Å². The molecule has 152 valence electrons. The van der Waals surface area contributed by atoms with Gasteiger partial charge in [0.2, 0.25) is 0 Å².